The molecule has 3 nitrogen and oxygen atoms in total. The van der Waals surface area contributed by atoms with Crippen LogP contribution in [0, 0.1) is 0 Å². The zero-order valence-electron chi connectivity index (χ0n) is 11.7. The van der Waals surface area contributed by atoms with Crippen molar-refractivity contribution in [3.05, 3.63) is 22.2 Å². The molecule has 1 aromatic rings. The van der Waals surface area contributed by atoms with Gasteiger partial charge in [0.25, 0.3) is 0 Å². The second kappa shape index (κ2) is 6.58. The van der Waals surface area contributed by atoms with Crippen LogP contribution in [0.1, 0.15) is 31.2 Å². The maximum Gasteiger partial charge on any atom is 0.231 e. The van der Waals surface area contributed by atoms with E-state index < -0.39 is 0 Å². The summed E-state index contributed by atoms with van der Waals surface area (Å²) in [6.07, 6.45) is 7.48. The highest BCUT2D eigenvalue weighted by atomic mass is 79.9. The van der Waals surface area contributed by atoms with Gasteiger partial charge < -0.3 is 14.8 Å². The molecule has 0 spiro atoms. The molecule has 5 heteroatoms. The molecule has 3 rings (SSSR count). The van der Waals surface area contributed by atoms with Crippen LogP contribution in [0.5, 0.6) is 11.5 Å². The Labute approximate surface area is 132 Å². The van der Waals surface area contributed by atoms with Crippen molar-refractivity contribution in [3.8, 4) is 11.5 Å². The molecule has 1 fully saturated rings. The molecule has 1 heterocycles. The van der Waals surface area contributed by atoms with Gasteiger partial charge in [0.2, 0.25) is 6.79 Å². The Kier molecular flexibility index (Phi) is 4.79. The molecule has 0 unspecified atom stereocenters. The van der Waals surface area contributed by atoms with Crippen molar-refractivity contribution >= 4 is 27.7 Å². The lowest BCUT2D eigenvalue weighted by Crippen LogP contribution is -2.33. The highest BCUT2D eigenvalue weighted by Gasteiger charge is 2.21. The third-order valence-corrected chi connectivity index (χ3v) is 5.82. The van der Waals surface area contributed by atoms with Gasteiger partial charge in [-0.3, -0.25) is 0 Å². The number of hydrogen-bond donors (Lipinski definition) is 1. The third-order valence-electron chi connectivity index (χ3n) is 4.09. The summed E-state index contributed by atoms with van der Waals surface area (Å²) < 4.78 is 11.9. The average Bonchev–Trinajstić information content (AvgIpc) is 2.94. The molecule has 1 N–H and O–H groups in total. The van der Waals surface area contributed by atoms with Crippen LogP contribution in [-0.2, 0) is 6.54 Å². The molecule has 0 saturated heterocycles. The molecular formula is C15H20BrNO2S. The van der Waals surface area contributed by atoms with E-state index in [9.17, 15) is 0 Å². The van der Waals surface area contributed by atoms with E-state index >= 15 is 0 Å². The summed E-state index contributed by atoms with van der Waals surface area (Å²) >= 11 is 5.56. The highest BCUT2D eigenvalue weighted by molar-refractivity contribution is 9.10. The van der Waals surface area contributed by atoms with Crippen molar-refractivity contribution < 1.29 is 9.47 Å². The number of ether oxygens (including phenoxy) is 2. The first-order valence-corrected chi connectivity index (χ1v) is 9.18. The van der Waals surface area contributed by atoms with Gasteiger partial charge in [0.05, 0.1) is 4.47 Å². The van der Waals surface area contributed by atoms with E-state index in [0.29, 0.717) is 12.8 Å². The molecule has 110 valence electrons. The largest absolute Gasteiger partial charge is 0.454 e. The number of nitrogens with one attached hydrogen (secondary N) is 1. The predicted molar refractivity (Wildman–Crippen MR) is 86.7 cm³/mol. The van der Waals surface area contributed by atoms with Crippen molar-refractivity contribution in [2.75, 3.05) is 13.0 Å². The molecule has 1 aliphatic heterocycles. The molecule has 1 saturated carbocycles. The minimum atomic E-state index is 0.323. The predicted octanol–water partition coefficient (Wildman–Crippen LogP) is 3.94. The molecule has 0 radical (unpaired) electrons. The van der Waals surface area contributed by atoms with Crippen LogP contribution in [0.4, 0.5) is 0 Å². The molecule has 2 aliphatic rings. The fourth-order valence-electron chi connectivity index (χ4n) is 2.89. The minimum absolute atomic E-state index is 0.323. The third kappa shape index (κ3) is 3.26. The van der Waals surface area contributed by atoms with Gasteiger partial charge in [0, 0.05) is 17.8 Å². The van der Waals surface area contributed by atoms with Crippen LogP contribution in [0.25, 0.3) is 0 Å². The average molecular weight is 358 g/mol. The lowest BCUT2D eigenvalue weighted by Gasteiger charge is -2.28. The Bertz CT molecular complexity index is 475. The summed E-state index contributed by atoms with van der Waals surface area (Å²) in [5.74, 6) is 1.68. The molecule has 20 heavy (non-hydrogen) atoms. The quantitative estimate of drug-likeness (QED) is 0.883. The van der Waals surface area contributed by atoms with E-state index in [4.69, 9.17) is 9.47 Å². The van der Waals surface area contributed by atoms with Gasteiger partial charge in [0.15, 0.2) is 11.5 Å². The Morgan fingerprint density at radius 2 is 2.05 bits per heavy atom. The van der Waals surface area contributed by atoms with Crippen LogP contribution in [0.15, 0.2) is 16.6 Å². The first-order chi connectivity index (χ1) is 9.76. The van der Waals surface area contributed by atoms with Gasteiger partial charge in [-0.1, -0.05) is 0 Å². The molecule has 0 amide bonds. The Hall–Kier alpha value is -0.390. The summed E-state index contributed by atoms with van der Waals surface area (Å²) in [5.41, 5.74) is 1.24. The first kappa shape index (κ1) is 14.5. The Balaban J connectivity index is 1.55. The summed E-state index contributed by atoms with van der Waals surface area (Å²) in [6, 6.07) is 4.85. The standard InChI is InChI=1S/C15H20BrNO2S/c1-20-12-4-2-11(3-5-12)17-8-10-6-13(16)15-14(7-10)18-9-19-15/h6-7,11-12,17H,2-5,8-9H2,1H3. The fraction of sp³-hybridized carbons (Fsp3) is 0.600. The van der Waals surface area contributed by atoms with Crippen molar-refractivity contribution in [1.82, 2.24) is 5.32 Å². The molecule has 0 bridgehead atoms. The topological polar surface area (TPSA) is 30.5 Å². The molecule has 0 atom stereocenters. The van der Waals surface area contributed by atoms with Gasteiger partial charge in [-0.15, -0.1) is 0 Å². The Morgan fingerprint density at radius 1 is 1.25 bits per heavy atom. The normalized spacial score (nSPS) is 24.9. The number of thioether (sulfide) groups is 1. The summed E-state index contributed by atoms with van der Waals surface area (Å²) in [5, 5.41) is 4.54. The lowest BCUT2D eigenvalue weighted by atomic mass is 9.95. The van der Waals surface area contributed by atoms with Gasteiger partial charge >= 0.3 is 0 Å². The monoisotopic (exact) mass is 357 g/mol. The van der Waals surface area contributed by atoms with Crippen molar-refractivity contribution in [3.63, 3.8) is 0 Å². The highest BCUT2D eigenvalue weighted by Crippen LogP contribution is 2.40. The minimum Gasteiger partial charge on any atom is -0.454 e. The fourth-order valence-corrected chi connectivity index (χ4v) is 4.24. The number of hydrogen-bond acceptors (Lipinski definition) is 4. The van der Waals surface area contributed by atoms with Crippen LogP contribution in [0.3, 0.4) is 0 Å². The van der Waals surface area contributed by atoms with E-state index in [1.807, 2.05) is 11.8 Å². The second-order valence-electron chi connectivity index (χ2n) is 5.40. The van der Waals surface area contributed by atoms with E-state index in [2.05, 4.69) is 39.6 Å². The maximum absolute atomic E-state index is 5.46. The van der Waals surface area contributed by atoms with Crippen LogP contribution in [-0.4, -0.2) is 24.3 Å². The van der Waals surface area contributed by atoms with Gasteiger partial charge in [0.1, 0.15) is 0 Å². The summed E-state index contributed by atoms with van der Waals surface area (Å²) in [6.45, 7) is 1.22. The Morgan fingerprint density at radius 3 is 2.80 bits per heavy atom. The number of fused-ring (bicyclic) bond motifs is 1. The maximum atomic E-state index is 5.46. The first-order valence-electron chi connectivity index (χ1n) is 7.10. The number of halogens is 1. The summed E-state index contributed by atoms with van der Waals surface area (Å²) in [7, 11) is 0. The number of benzene rings is 1. The zero-order chi connectivity index (χ0) is 13.9. The second-order valence-corrected chi connectivity index (χ2v) is 7.39. The van der Waals surface area contributed by atoms with E-state index in [-0.39, 0.29) is 0 Å². The van der Waals surface area contributed by atoms with Gasteiger partial charge in [-0.2, -0.15) is 11.8 Å². The van der Waals surface area contributed by atoms with E-state index in [0.717, 1.165) is 27.8 Å². The van der Waals surface area contributed by atoms with Crippen molar-refractivity contribution in [2.45, 2.75) is 43.5 Å². The van der Waals surface area contributed by atoms with Crippen LogP contribution < -0.4 is 14.8 Å². The van der Waals surface area contributed by atoms with Gasteiger partial charge in [-0.05, 0) is 65.6 Å². The smallest absolute Gasteiger partial charge is 0.231 e. The van der Waals surface area contributed by atoms with Crippen molar-refractivity contribution in [2.24, 2.45) is 0 Å². The number of rotatable bonds is 4. The molecule has 0 aromatic heterocycles. The van der Waals surface area contributed by atoms with Crippen LogP contribution in [0.2, 0.25) is 0 Å². The molecular weight excluding hydrogens is 338 g/mol. The van der Waals surface area contributed by atoms with Crippen LogP contribution >= 0.6 is 27.7 Å². The van der Waals surface area contributed by atoms with Gasteiger partial charge in [-0.25, -0.2) is 0 Å². The lowest BCUT2D eigenvalue weighted by molar-refractivity contribution is 0.173. The summed E-state index contributed by atoms with van der Waals surface area (Å²) in [4.78, 5) is 0. The zero-order valence-corrected chi connectivity index (χ0v) is 14.1. The van der Waals surface area contributed by atoms with Crippen molar-refractivity contribution in [1.29, 1.82) is 0 Å². The van der Waals surface area contributed by atoms with E-state index in [1.165, 1.54) is 31.2 Å². The van der Waals surface area contributed by atoms with E-state index in [1.54, 1.807) is 0 Å². The molecule has 1 aliphatic carbocycles. The SMILES string of the molecule is CSC1CCC(NCc2cc(Br)c3c(c2)OCO3)CC1. The molecule has 1 aromatic carbocycles.